The maximum absolute atomic E-state index is 11.2. The average Bonchev–Trinajstić information content (AvgIpc) is 2.05. The van der Waals surface area contributed by atoms with E-state index in [1.165, 1.54) is 0 Å². The highest BCUT2D eigenvalue weighted by atomic mass is 16.5. The van der Waals surface area contributed by atoms with Crippen molar-refractivity contribution in [2.45, 2.75) is 47.0 Å². The van der Waals surface area contributed by atoms with E-state index in [9.17, 15) is 4.79 Å². The Hall–Kier alpha value is -0.530. The summed E-state index contributed by atoms with van der Waals surface area (Å²) in [6, 6.07) is 0. The number of hydrogen-bond acceptors (Lipinski definition) is 2. The highest BCUT2D eigenvalue weighted by Gasteiger charge is 2.09. The maximum Gasteiger partial charge on any atom is 0.306 e. The Bertz CT molecular complexity index is 137. The Balaban J connectivity index is 3.56. The van der Waals surface area contributed by atoms with Crippen LogP contribution in [0.25, 0.3) is 0 Å². The molecule has 0 bridgehead atoms. The second kappa shape index (κ2) is 6.93. The summed E-state index contributed by atoms with van der Waals surface area (Å²) in [5, 5.41) is 0. The van der Waals surface area contributed by atoms with Crippen molar-refractivity contribution in [2.75, 3.05) is 6.61 Å². The van der Waals surface area contributed by atoms with Gasteiger partial charge in [-0.05, 0) is 11.8 Å². The first-order chi connectivity index (χ1) is 6.10. The molecule has 0 aliphatic rings. The molecule has 0 amide bonds. The molecule has 0 saturated carbocycles. The number of esters is 1. The lowest BCUT2D eigenvalue weighted by atomic mass is 10.1. The molecule has 0 radical (unpaired) electrons. The molecule has 13 heavy (non-hydrogen) atoms. The Morgan fingerprint density at radius 3 is 2.15 bits per heavy atom. The molecule has 2 heteroatoms. The van der Waals surface area contributed by atoms with E-state index in [1.54, 1.807) is 0 Å². The van der Waals surface area contributed by atoms with Crippen molar-refractivity contribution in [3.63, 3.8) is 0 Å². The van der Waals surface area contributed by atoms with E-state index in [1.807, 2.05) is 13.8 Å². The van der Waals surface area contributed by atoms with E-state index in [2.05, 4.69) is 13.8 Å². The van der Waals surface area contributed by atoms with Gasteiger partial charge in [0.2, 0.25) is 0 Å². The molecule has 0 heterocycles. The first-order valence-electron chi connectivity index (χ1n) is 5.25. The van der Waals surface area contributed by atoms with Gasteiger partial charge in [0.05, 0.1) is 6.61 Å². The molecule has 0 aromatic heterocycles. The molecule has 0 atom stereocenters. The van der Waals surface area contributed by atoms with Gasteiger partial charge in [0.15, 0.2) is 0 Å². The van der Waals surface area contributed by atoms with Crippen molar-refractivity contribution in [1.29, 1.82) is 0 Å². The van der Waals surface area contributed by atoms with Crippen molar-refractivity contribution >= 4 is 5.97 Å². The van der Waals surface area contributed by atoms with Crippen molar-refractivity contribution in [1.82, 2.24) is 0 Å². The van der Waals surface area contributed by atoms with Crippen molar-refractivity contribution in [3.8, 4) is 0 Å². The third kappa shape index (κ3) is 6.62. The van der Waals surface area contributed by atoms with Crippen LogP contribution in [0.3, 0.4) is 0 Å². The van der Waals surface area contributed by atoms with Crippen LogP contribution in [0.2, 0.25) is 0 Å². The fourth-order valence-electron chi connectivity index (χ4n) is 1.13. The fourth-order valence-corrected chi connectivity index (χ4v) is 1.13. The molecule has 0 aromatic rings. The molecule has 0 fully saturated rings. The first-order valence-corrected chi connectivity index (χ1v) is 5.25. The van der Waals surface area contributed by atoms with E-state index in [0.717, 1.165) is 12.8 Å². The topological polar surface area (TPSA) is 26.3 Å². The minimum absolute atomic E-state index is 0.0538. The van der Waals surface area contributed by atoms with Gasteiger partial charge in [0.25, 0.3) is 0 Å². The summed E-state index contributed by atoms with van der Waals surface area (Å²) >= 11 is 0. The zero-order valence-corrected chi connectivity index (χ0v) is 9.30. The molecule has 0 aliphatic heterocycles. The molecular weight excluding hydrogens is 164 g/mol. The number of ether oxygens (including phenoxy) is 1. The van der Waals surface area contributed by atoms with Crippen LogP contribution >= 0.6 is 0 Å². The van der Waals surface area contributed by atoms with Gasteiger partial charge in [-0.1, -0.05) is 40.5 Å². The molecule has 0 aliphatic carbocycles. The molecule has 0 unspecified atom stereocenters. The Morgan fingerprint density at radius 2 is 1.77 bits per heavy atom. The molecule has 2 nitrogen and oxygen atoms in total. The van der Waals surface area contributed by atoms with E-state index < -0.39 is 0 Å². The van der Waals surface area contributed by atoms with Gasteiger partial charge in [-0.25, -0.2) is 0 Å². The monoisotopic (exact) mass is 186 g/mol. The van der Waals surface area contributed by atoms with Crippen LogP contribution in [0.15, 0.2) is 0 Å². The third-order valence-electron chi connectivity index (χ3n) is 2.21. The molecule has 0 N–H and O–H groups in total. The largest absolute Gasteiger partial charge is 0.465 e. The van der Waals surface area contributed by atoms with E-state index in [0.29, 0.717) is 24.9 Å². The second-order valence-electron chi connectivity index (χ2n) is 3.96. The average molecular weight is 186 g/mol. The van der Waals surface area contributed by atoms with E-state index in [-0.39, 0.29) is 5.97 Å². The van der Waals surface area contributed by atoms with Crippen LogP contribution in [0.5, 0.6) is 0 Å². The number of carbonyl (C=O) groups excluding carboxylic acids is 1. The van der Waals surface area contributed by atoms with Crippen LogP contribution in [0, 0.1) is 11.8 Å². The number of rotatable bonds is 6. The predicted molar refractivity (Wildman–Crippen MR) is 54.5 cm³/mol. The van der Waals surface area contributed by atoms with E-state index in [4.69, 9.17) is 4.74 Å². The quantitative estimate of drug-likeness (QED) is 0.596. The van der Waals surface area contributed by atoms with E-state index >= 15 is 0 Å². The summed E-state index contributed by atoms with van der Waals surface area (Å²) in [6.45, 7) is 8.91. The lowest BCUT2D eigenvalue weighted by Gasteiger charge is -2.13. The van der Waals surface area contributed by atoms with Crippen LogP contribution in [-0.4, -0.2) is 12.6 Å². The SMILES string of the molecule is CCC(CC)COC(=O)CC(C)C. The summed E-state index contributed by atoms with van der Waals surface area (Å²) in [7, 11) is 0. The molecule has 0 rings (SSSR count). The molecule has 0 spiro atoms. The Kier molecular flexibility index (Phi) is 6.65. The normalized spacial score (nSPS) is 10.9. The van der Waals surface area contributed by atoms with Crippen molar-refractivity contribution in [3.05, 3.63) is 0 Å². The smallest absolute Gasteiger partial charge is 0.306 e. The summed E-state index contributed by atoms with van der Waals surface area (Å²) in [4.78, 5) is 11.2. The summed E-state index contributed by atoms with van der Waals surface area (Å²) in [5.74, 6) is 0.882. The van der Waals surface area contributed by atoms with Gasteiger partial charge < -0.3 is 4.74 Å². The highest BCUT2D eigenvalue weighted by molar-refractivity contribution is 5.69. The van der Waals surface area contributed by atoms with Gasteiger partial charge in [-0.15, -0.1) is 0 Å². The highest BCUT2D eigenvalue weighted by Crippen LogP contribution is 2.09. The number of carbonyl (C=O) groups is 1. The van der Waals surface area contributed by atoms with Gasteiger partial charge in [0, 0.05) is 6.42 Å². The van der Waals surface area contributed by atoms with Crippen molar-refractivity contribution < 1.29 is 9.53 Å². The van der Waals surface area contributed by atoms with Crippen LogP contribution in [0.4, 0.5) is 0 Å². The summed E-state index contributed by atoms with van der Waals surface area (Å²) < 4.78 is 5.16. The third-order valence-corrected chi connectivity index (χ3v) is 2.21. The molecule has 0 saturated heterocycles. The van der Waals surface area contributed by atoms with Crippen LogP contribution in [0.1, 0.15) is 47.0 Å². The molecule has 78 valence electrons. The zero-order valence-electron chi connectivity index (χ0n) is 9.30. The Morgan fingerprint density at radius 1 is 1.23 bits per heavy atom. The minimum atomic E-state index is -0.0538. The van der Waals surface area contributed by atoms with Gasteiger partial charge in [-0.3, -0.25) is 4.79 Å². The van der Waals surface area contributed by atoms with Crippen LogP contribution < -0.4 is 0 Å². The summed E-state index contributed by atoms with van der Waals surface area (Å²) in [5.41, 5.74) is 0. The second-order valence-corrected chi connectivity index (χ2v) is 3.96. The van der Waals surface area contributed by atoms with Gasteiger partial charge >= 0.3 is 5.97 Å². The Labute approximate surface area is 81.7 Å². The van der Waals surface area contributed by atoms with Gasteiger partial charge in [0.1, 0.15) is 0 Å². The fraction of sp³-hybridized carbons (Fsp3) is 0.909. The molecular formula is C11H22O2. The lowest BCUT2D eigenvalue weighted by molar-refractivity contribution is -0.145. The van der Waals surface area contributed by atoms with Crippen LogP contribution in [-0.2, 0) is 9.53 Å². The van der Waals surface area contributed by atoms with Crippen molar-refractivity contribution in [2.24, 2.45) is 11.8 Å². The zero-order chi connectivity index (χ0) is 10.3. The predicted octanol–water partition coefficient (Wildman–Crippen LogP) is 3.01. The maximum atomic E-state index is 11.2. The lowest BCUT2D eigenvalue weighted by Crippen LogP contribution is -2.14. The summed E-state index contributed by atoms with van der Waals surface area (Å²) in [6.07, 6.45) is 2.72. The van der Waals surface area contributed by atoms with Gasteiger partial charge in [-0.2, -0.15) is 0 Å². The first kappa shape index (κ1) is 12.5. The minimum Gasteiger partial charge on any atom is -0.465 e. The standard InChI is InChI=1S/C11H22O2/c1-5-10(6-2)8-13-11(12)7-9(3)4/h9-10H,5-8H2,1-4H3. The number of hydrogen-bond donors (Lipinski definition) is 0. The molecule has 0 aromatic carbocycles.